The van der Waals surface area contributed by atoms with E-state index in [1.165, 1.54) is 0 Å². The molecule has 0 saturated carbocycles. The summed E-state index contributed by atoms with van der Waals surface area (Å²) in [7, 11) is 0. The molecule has 0 radical (unpaired) electrons. The summed E-state index contributed by atoms with van der Waals surface area (Å²) in [6.07, 6.45) is 0. The van der Waals surface area contributed by atoms with E-state index in [1.54, 1.807) is 0 Å². The Kier molecular flexibility index (Phi) is 2.68. The molecule has 0 spiro atoms. The van der Waals surface area contributed by atoms with E-state index in [1.807, 2.05) is 30.3 Å². The zero-order valence-electron chi connectivity index (χ0n) is 4.96. The molecule has 44 valence electrons. The average Bonchev–Trinajstić information content (AvgIpc) is 1.91. The number of benzene rings is 1. The zero-order chi connectivity index (χ0) is 6.53. The third-order valence-electron chi connectivity index (χ3n) is 0.990. The summed E-state index contributed by atoms with van der Waals surface area (Å²) in [5, 5.41) is 0. The van der Waals surface area contributed by atoms with Crippen LogP contribution in [0.2, 0.25) is 0 Å². The molecule has 1 rings (SSSR count). The first-order chi connectivity index (χ1) is 4.43. The van der Waals surface area contributed by atoms with E-state index in [-0.39, 0.29) is 0 Å². The van der Waals surface area contributed by atoms with Gasteiger partial charge in [0, 0.05) is 0 Å². The van der Waals surface area contributed by atoms with Gasteiger partial charge in [-0.2, -0.15) is 0 Å². The average molecular weight is 225 g/mol. The van der Waals surface area contributed by atoms with Gasteiger partial charge < -0.3 is 0 Å². The number of hydrogen-bond donors (Lipinski definition) is 0. The van der Waals surface area contributed by atoms with Crippen molar-refractivity contribution in [2.24, 2.45) is 0 Å². The van der Waals surface area contributed by atoms with E-state index < -0.39 is 0 Å². The van der Waals surface area contributed by atoms with E-state index in [4.69, 9.17) is 0 Å². The van der Waals surface area contributed by atoms with Crippen LogP contribution in [-0.2, 0) is 0 Å². The van der Waals surface area contributed by atoms with Gasteiger partial charge in [-0.05, 0) is 0 Å². The van der Waals surface area contributed by atoms with Crippen LogP contribution in [-0.4, -0.2) is 23.0 Å². The van der Waals surface area contributed by atoms with Gasteiger partial charge >= 0.3 is 68.7 Å². The van der Waals surface area contributed by atoms with Crippen molar-refractivity contribution >= 4 is 23.0 Å². The molecule has 0 aliphatic carbocycles. The third-order valence-corrected chi connectivity index (χ3v) is 1.40. The molecule has 0 fully saturated rings. The van der Waals surface area contributed by atoms with Gasteiger partial charge in [-0.25, -0.2) is 0 Å². The quantitative estimate of drug-likeness (QED) is 0.448. The minimum absolute atomic E-state index is 1.02. The van der Waals surface area contributed by atoms with E-state index in [2.05, 4.69) is 9.79 Å². The topological polar surface area (TPSA) is 0 Å². The van der Waals surface area contributed by atoms with Gasteiger partial charge in [-0.3, -0.25) is 0 Å². The molecule has 0 bridgehead atoms. The Balaban J connectivity index is 2.94. The summed E-state index contributed by atoms with van der Waals surface area (Å²) >= 11 is 1.02. The molecule has 1 aromatic carbocycles. The van der Waals surface area contributed by atoms with Crippen molar-refractivity contribution in [1.29, 1.82) is 0 Å². The molecule has 0 saturated heterocycles. The van der Waals surface area contributed by atoms with Crippen molar-refractivity contribution in [3.8, 4) is 9.79 Å². The van der Waals surface area contributed by atoms with Crippen LogP contribution in [0.3, 0.4) is 0 Å². The fourth-order valence-electron chi connectivity index (χ4n) is 0.605. The molecule has 1 aromatic rings. The first-order valence-electron chi connectivity index (χ1n) is 2.70. The maximum atomic E-state index is 3.02. The van der Waals surface area contributed by atoms with Gasteiger partial charge in [0.15, 0.2) is 0 Å². The van der Waals surface area contributed by atoms with E-state index >= 15 is 0 Å². The second-order valence-electron chi connectivity index (χ2n) is 1.64. The number of rotatable bonds is 0. The fraction of sp³-hybridized carbons (Fsp3) is 0. The molecular weight excluding hydrogens is 218 g/mol. The zero-order valence-corrected chi connectivity index (χ0v) is 8.26. The molecular formula is C8H7Sb. The predicted octanol–water partition coefficient (Wildman–Crippen LogP) is 0.629. The Morgan fingerprint density at radius 2 is 1.78 bits per heavy atom. The molecule has 0 aliphatic rings. The number of hydrogen-bond acceptors (Lipinski definition) is 0. The molecule has 0 heterocycles. The van der Waals surface area contributed by atoms with Gasteiger partial charge in [-0.15, -0.1) is 0 Å². The van der Waals surface area contributed by atoms with Gasteiger partial charge in [0.25, 0.3) is 0 Å². The Morgan fingerprint density at radius 1 is 1.11 bits per heavy atom. The second kappa shape index (κ2) is 3.59. The van der Waals surface area contributed by atoms with Crippen LogP contribution in [0.25, 0.3) is 0 Å². The predicted molar refractivity (Wildman–Crippen MR) is 41.9 cm³/mol. The molecule has 0 N–H and O–H groups in total. The summed E-state index contributed by atoms with van der Waals surface area (Å²) in [5.74, 6) is 3.02. The monoisotopic (exact) mass is 224 g/mol. The fourth-order valence-corrected chi connectivity index (χ4v) is 1.08. The first-order valence-corrected chi connectivity index (χ1v) is 4.35. The van der Waals surface area contributed by atoms with Crippen LogP contribution in [0, 0.1) is 9.79 Å². The van der Waals surface area contributed by atoms with Gasteiger partial charge in [0.05, 0.1) is 0 Å². The van der Waals surface area contributed by atoms with E-state index in [0.717, 1.165) is 28.6 Å². The van der Waals surface area contributed by atoms with Crippen LogP contribution in [0.5, 0.6) is 0 Å². The Hall–Kier alpha value is -0.402. The summed E-state index contributed by atoms with van der Waals surface area (Å²) in [6, 6.07) is 10.0. The van der Waals surface area contributed by atoms with Crippen molar-refractivity contribution < 1.29 is 0 Å². The summed E-state index contributed by atoms with van der Waals surface area (Å²) in [5.41, 5.74) is 1.12. The molecule has 0 atom stereocenters. The molecule has 9 heavy (non-hydrogen) atoms. The molecule has 0 nitrogen and oxygen atoms in total. The Morgan fingerprint density at radius 3 is 2.33 bits per heavy atom. The van der Waals surface area contributed by atoms with Crippen molar-refractivity contribution in [3.63, 3.8) is 0 Å². The third kappa shape index (κ3) is 2.12. The standard InChI is InChI=1S/C8H5.Sb.2H/c1-2-8-6-4-3-5-7-8;;;/h3-7H;;;. The van der Waals surface area contributed by atoms with Crippen LogP contribution < -0.4 is 0 Å². The summed E-state index contributed by atoms with van der Waals surface area (Å²) < 4.78 is 2.96. The molecule has 0 aromatic heterocycles. The maximum absolute atomic E-state index is 3.02. The van der Waals surface area contributed by atoms with E-state index in [0.29, 0.717) is 0 Å². The molecule has 1 heteroatoms. The normalized spacial score (nSPS) is 7.67. The Labute approximate surface area is 68.8 Å². The Bertz CT molecular complexity index is 228. The molecule has 0 aliphatic heterocycles. The van der Waals surface area contributed by atoms with Crippen LogP contribution >= 0.6 is 0 Å². The summed E-state index contributed by atoms with van der Waals surface area (Å²) in [4.78, 5) is 0. The molecule has 0 unspecified atom stereocenters. The van der Waals surface area contributed by atoms with Gasteiger partial charge in [-0.1, -0.05) is 0 Å². The summed E-state index contributed by atoms with van der Waals surface area (Å²) in [6.45, 7) is 0. The van der Waals surface area contributed by atoms with Crippen molar-refractivity contribution in [2.75, 3.05) is 0 Å². The van der Waals surface area contributed by atoms with Gasteiger partial charge in [0.2, 0.25) is 0 Å². The van der Waals surface area contributed by atoms with E-state index in [9.17, 15) is 0 Å². The van der Waals surface area contributed by atoms with Crippen molar-refractivity contribution in [1.82, 2.24) is 0 Å². The second-order valence-corrected chi connectivity index (χ2v) is 2.46. The van der Waals surface area contributed by atoms with Crippen LogP contribution in [0.1, 0.15) is 5.56 Å². The molecule has 0 amide bonds. The SMILES string of the molecule is [SbH2][C]#Cc1ccccc1. The minimum atomic E-state index is 1.02. The van der Waals surface area contributed by atoms with Crippen LogP contribution in [0.15, 0.2) is 30.3 Å². The van der Waals surface area contributed by atoms with Crippen molar-refractivity contribution in [2.45, 2.75) is 0 Å². The van der Waals surface area contributed by atoms with Crippen LogP contribution in [0.4, 0.5) is 0 Å². The first kappa shape index (κ1) is 6.71. The van der Waals surface area contributed by atoms with Gasteiger partial charge in [0.1, 0.15) is 0 Å². The van der Waals surface area contributed by atoms with Crippen molar-refractivity contribution in [3.05, 3.63) is 35.9 Å².